The van der Waals surface area contributed by atoms with Gasteiger partial charge in [-0.05, 0) is 55.2 Å². The first-order valence-corrected chi connectivity index (χ1v) is 8.85. The molecule has 0 radical (unpaired) electrons. The molecule has 4 N–H and O–H groups in total. The Morgan fingerprint density at radius 2 is 2.10 bits per heavy atom. The van der Waals surface area contributed by atoms with Crippen LogP contribution in [-0.2, 0) is 10.0 Å². The van der Waals surface area contributed by atoms with Crippen LogP contribution >= 0.6 is 0 Å². The molecule has 0 saturated heterocycles. The molecule has 4 rings (SSSR count). The summed E-state index contributed by atoms with van der Waals surface area (Å²) < 4.78 is 27.9. The van der Waals surface area contributed by atoms with E-state index < -0.39 is 10.0 Å². The van der Waals surface area contributed by atoms with E-state index in [2.05, 4.69) is 9.71 Å². The predicted octanol–water partition coefficient (Wildman–Crippen LogP) is 2.22. The molecule has 5 nitrogen and oxygen atoms in total. The van der Waals surface area contributed by atoms with Gasteiger partial charge in [-0.15, -0.1) is 0 Å². The standard InChI is InChI=1S/C15H19N3O2S/c16-11-3-4-12-13(7-11)17-8-14(12)21(19,20)18-9-15(5-6-15)10-1-2-10/h3-4,7-8,10,17-18H,1-2,5-6,9,16H2. The van der Waals surface area contributed by atoms with Gasteiger partial charge in [-0.3, -0.25) is 0 Å². The minimum atomic E-state index is -3.48. The van der Waals surface area contributed by atoms with Gasteiger partial charge in [0.05, 0.1) is 0 Å². The summed E-state index contributed by atoms with van der Waals surface area (Å²) in [5.74, 6) is 0.739. The van der Waals surface area contributed by atoms with E-state index in [9.17, 15) is 8.42 Å². The third kappa shape index (κ3) is 2.22. The Balaban J connectivity index is 1.60. The number of nitrogens with one attached hydrogen (secondary N) is 2. The van der Waals surface area contributed by atoms with Crippen molar-refractivity contribution in [3.63, 3.8) is 0 Å². The number of aromatic nitrogens is 1. The number of sulfonamides is 1. The van der Waals surface area contributed by atoms with Crippen LogP contribution in [-0.4, -0.2) is 19.9 Å². The minimum absolute atomic E-state index is 0.254. The molecular weight excluding hydrogens is 286 g/mol. The summed E-state index contributed by atoms with van der Waals surface area (Å²) in [5, 5.41) is 0.688. The molecule has 0 bridgehead atoms. The molecular formula is C15H19N3O2S. The SMILES string of the molecule is Nc1ccc2c(S(=O)(=O)NCC3(C4CC4)CC3)c[nH]c2c1. The molecule has 21 heavy (non-hydrogen) atoms. The Hall–Kier alpha value is -1.53. The number of rotatable bonds is 5. The maximum Gasteiger partial charge on any atom is 0.242 e. The molecule has 0 aliphatic heterocycles. The smallest absolute Gasteiger partial charge is 0.242 e. The number of anilines is 1. The first kappa shape index (κ1) is 13.2. The fraction of sp³-hybridized carbons (Fsp3) is 0.467. The Morgan fingerprint density at radius 3 is 2.76 bits per heavy atom. The van der Waals surface area contributed by atoms with E-state index in [1.54, 1.807) is 24.4 Å². The summed E-state index contributed by atoms with van der Waals surface area (Å²) in [6, 6.07) is 5.23. The molecule has 2 aliphatic rings. The van der Waals surface area contributed by atoms with Gasteiger partial charge in [-0.25, -0.2) is 13.1 Å². The largest absolute Gasteiger partial charge is 0.399 e. The maximum absolute atomic E-state index is 12.5. The summed E-state index contributed by atoms with van der Waals surface area (Å²) >= 11 is 0. The normalized spacial score (nSPS) is 20.8. The summed E-state index contributed by atoms with van der Waals surface area (Å²) in [6.45, 7) is 0.571. The second-order valence-corrected chi connectivity index (χ2v) is 8.15. The van der Waals surface area contributed by atoms with Gasteiger partial charge in [-0.2, -0.15) is 0 Å². The lowest BCUT2D eigenvalue weighted by molar-refractivity contribution is 0.432. The number of H-pyrrole nitrogens is 1. The predicted molar refractivity (Wildman–Crippen MR) is 82.3 cm³/mol. The average Bonchev–Trinajstić information content (AvgIpc) is 3.32. The first-order valence-electron chi connectivity index (χ1n) is 7.37. The lowest BCUT2D eigenvalue weighted by Gasteiger charge is -2.14. The van der Waals surface area contributed by atoms with Gasteiger partial charge in [0.1, 0.15) is 4.90 Å². The fourth-order valence-electron chi connectivity index (χ4n) is 3.24. The van der Waals surface area contributed by atoms with Crippen molar-refractivity contribution in [2.75, 3.05) is 12.3 Å². The highest BCUT2D eigenvalue weighted by Crippen LogP contribution is 2.60. The zero-order valence-electron chi connectivity index (χ0n) is 11.7. The van der Waals surface area contributed by atoms with Crippen LogP contribution < -0.4 is 10.5 Å². The van der Waals surface area contributed by atoms with Gasteiger partial charge in [0, 0.05) is 29.3 Å². The monoisotopic (exact) mass is 305 g/mol. The van der Waals surface area contributed by atoms with Gasteiger partial charge in [-0.1, -0.05) is 0 Å². The van der Waals surface area contributed by atoms with Crippen LogP contribution in [0.5, 0.6) is 0 Å². The van der Waals surface area contributed by atoms with E-state index in [1.165, 1.54) is 12.8 Å². The van der Waals surface area contributed by atoms with E-state index in [1.807, 2.05) is 0 Å². The molecule has 0 amide bonds. The third-order valence-corrected chi connectivity index (χ3v) is 6.35. The molecule has 2 fully saturated rings. The van der Waals surface area contributed by atoms with Crippen molar-refractivity contribution < 1.29 is 8.42 Å². The van der Waals surface area contributed by atoms with Gasteiger partial charge in [0.2, 0.25) is 10.0 Å². The van der Waals surface area contributed by atoms with Crippen molar-refractivity contribution in [2.45, 2.75) is 30.6 Å². The van der Waals surface area contributed by atoms with Crippen LogP contribution in [0.2, 0.25) is 0 Å². The van der Waals surface area contributed by atoms with Gasteiger partial charge in [0.15, 0.2) is 0 Å². The topological polar surface area (TPSA) is 88.0 Å². The summed E-state index contributed by atoms with van der Waals surface area (Å²) in [6.07, 6.45) is 6.38. The van der Waals surface area contributed by atoms with Crippen LogP contribution in [0.25, 0.3) is 10.9 Å². The maximum atomic E-state index is 12.5. The van der Waals surface area contributed by atoms with Crippen molar-refractivity contribution in [1.29, 1.82) is 0 Å². The number of fused-ring (bicyclic) bond motifs is 1. The lowest BCUT2D eigenvalue weighted by atomic mass is 10.0. The number of nitrogen functional groups attached to an aromatic ring is 1. The summed E-state index contributed by atoms with van der Waals surface area (Å²) in [5.41, 5.74) is 7.34. The van der Waals surface area contributed by atoms with Crippen LogP contribution in [0, 0.1) is 11.3 Å². The Bertz CT molecular complexity index is 801. The van der Waals surface area contributed by atoms with Crippen molar-refractivity contribution in [3.05, 3.63) is 24.4 Å². The Kier molecular flexibility index (Phi) is 2.65. The van der Waals surface area contributed by atoms with Gasteiger partial charge >= 0.3 is 0 Å². The molecule has 1 aromatic heterocycles. The third-order valence-electron chi connectivity index (χ3n) is 4.91. The van der Waals surface area contributed by atoms with E-state index in [0.717, 1.165) is 24.3 Å². The molecule has 1 heterocycles. The highest BCUT2D eigenvalue weighted by molar-refractivity contribution is 7.89. The van der Waals surface area contributed by atoms with Crippen molar-refractivity contribution in [1.82, 2.24) is 9.71 Å². The van der Waals surface area contributed by atoms with E-state index >= 15 is 0 Å². The number of nitrogens with two attached hydrogens (primary N) is 1. The highest BCUT2D eigenvalue weighted by Gasteiger charge is 2.53. The second kappa shape index (κ2) is 4.24. The van der Waals surface area contributed by atoms with E-state index in [4.69, 9.17) is 5.73 Å². The van der Waals surface area contributed by atoms with Gasteiger partial charge < -0.3 is 10.7 Å². The molecule has 6 heteroatoms. The van der Waals surface area contributed by atoms with Crippen LogP contribution in [0.1, 0.15) is 25.7 Å². The number of benzene rings is 1. The van der Waals surface area contributed by atoms with Crippen LogP contribution in [0.15, 0.2) is 29.3 Å². The molecule has 2 saturated carbocycles. The minimum Gasteiger partial charge on any atom is -0.399 e. The average molecular weight is 305 g/mol. The molecule has 0 spiro atoms. The van der Waals surface area contributed by atoms with E-state index in [0.29, 0.717) is 22.5 Å². The summed E-state index contributed by atoms with van der Waals surface area (Å²) in [4.78, 5) is 3.29. The lowest BCUT2D eigenvalue weighted by Crippen LogP contribution is -2.31. The number of hydrogen-bond acceptors (Lipinski definition) is 3. The molecule has 112 valence electrons. The Labute approximate surface area is 124 Å². The highest BCUT2D eigenvalue weighted by atomic mass is 32.2. The molecule has 2 aromatic rings. The molecule has 2 aliphatic carbocycles. The van der Waals surface area contributed by atoms with Crippen molar-refractivity contribution in [2.24, 2.45) is 11.3 Å². The van der Waals surface area contributed by atoms with Crippen LogP contribution in [0.3, 0.4) is 0 Å². The first-order chi connectivity index (χ1) is 10.0. The quantitative estimate of drug-likeness (QED) is 0.740. The zero-order chi connectivity index (χ0) is 14.7. The van der Waals surface area contributed by atoms with Crippen molar-refractivity contribution >= 4 is 26.6 Å². The summed E-state index contributed by atoms with van der Waals surface area (Å²) in [7, 11) is -3.48. The van der Waals surface area contributed by atoms with Gasteiger partial charge in [0.25, 0.3) is 0 Å². The number of aromatic amines is 1. The molecule has 1 aromatic carbocycles. The molecule has 0 atom stereocenters. The van der Waals surface area contributed by atoms with E-state index in [-0.39, 0.29) is 5.41 Å². The Morgan fingerprint density at radius 1 is 1.33 bits per heavy atom. The second-order valence-electron chi connectivity index (χ2n) is 6.42. The fourth-order valence-corrected chi connectivity index (χ4v) is 4.56. The molecule has 0 unspecified atom stereocenters. The number of hydrogen-bond donors (Lipinski definition) is 3. The zero-order valence-corrected chi connectivity index (χ0v) is 12.5. The van der Waals surface area contributed by atoms with Crippen molar-refractivity contribution in [3.8, 4) is 0 Å². The van der Waals surface area contributed by atoms with Crippen LogP contribution in [0.4, 0.5) is 5.69 Å².